The van der Waals surface area contributed by atoms with Crippen LogP contribution in [0.3, 0.4) is 0 Å². The Balaban J connectivity index is 2.14. The highest BCUT2D eigenvalue weighted by Crippen LogP contribution is 2.56. The van der Waals surface area contributed by atoms with E-state index >= 15 is 0 Å². The third-order valence-electron chi connectivity index (χ3n) is 4.54. The fourth-order valence-electron chi connectivity index (χ4n) is 3.34. The Kier molecular flexibility index (Phi) is 1.95. The average molecular weight is 167 g/mol. The number of rotatable bonds is 2. The van der Waals surface area contributed by atoms with Gasteiger partial charge in [-0.05, 0) is 37.5 Å². The molecule has 2 N–H and O–H groups in total. The van der Waals surface area contributed by atoms with Crippen LogP contribution in [0, 0.1) is 5.41 Å². The lowest BCUT2D eigenvalue weighted by Crippen LogP contribution is -2.56. The van der Waals surface area contributed by atoms with Gasteiger partial charge in [-0.15, -0.1) is 0 Å². The fraction of sp³-hybridized carbons (Fsp3) is 1.00. The summed E-state index contributed by atoms with van der Waals surface area (Å²) in [4.78, 5) is 0. The maximum absolute atomic E-state index is 6.51. The maximum Gasteiger partial charge on any atom is 0.0211 e. The van der Waals surface area contributed by atoms with Gasteiger partial charge in [-0.1, -0.05) is 26.2 Å². The van der Waals surface area contributed by atoms with Crippen molar-refractivity contribution >= 4 is 0 Å². The van der Waals surface area contributed by atoms with Crippen molar-refractivity contribution in [2.45, 2.75) is 63.8 Å². The first-order valence-corrected chi connectivity index (χ1v) is 5.51. The monoisotopic (exact) mass is 167 g/mol. The van der Waals surface area contributed by atoms with Crippen molar-refractivity contribution in [1.82, 2.24) is 0 Å². The quantitative estimate of drug-likeness (QED) is 0.672. The highest BCUT2D eigenvalue weighted by Gasteiger charge is 2.51. The van der Waals surface area contributed by atoms with E-state index in [2.05, 4.69) is 6.92 Å². The Bertz CT molecular complexity index is 158. The lowest BCUT2D eigenvalue weighted by molar-refractivity contribution is 0.0220. The summed E-state index contributed by atoms with van der Waals surface area (Å²) in [5.41, 5.74) is 7.30. The summed E-state index contributed by atoms with van der Waals surface area (Å²) in [6.45, 7) is 2.33. The topological polar surface area (TPSA) is 26.0 Å². The predicted molar refractivity (Wildman–Crippen MR) is 52.0 cm³/mol. The molecule has 0 radical (unpaired) electrons. The van der Waals surface area contributed by atoms with Gasteiger partial charge in [0.05, 0.1) is 0 Å². The molecular formula is C11H21N. The largest absolute Gasteiger partial charge is 0.325 e. The molecule has 0 aliphatic heterocycles. The first-order chi connectivity index (χ1) is 5.72. The average Bonchev–Trinajstić information content (AvgIpc) is 2.35. The Morgan fingerprint density at radius 3 is 1.92 bits per heavy atom. The van der Waals surface area contributed by atoms with Gasteiger partial charge in [-0.2, -0.15) is 0 Å². The molecule has 0 unspecified atom stereocenters. The standard InChI is InChI=1S/C11H21N/c1-2-10(6-5-7-10)11(12)8-3-4-9-11/h2-9,12H2,1H3. The van der Waals surface area contributed by atoms with Gasteiger partial charge in [0.25, 0.3) is 0 Å². The van der Waals surface area contributed by atoms with E-state index in [9.17, 15) is 0 Å². The van der Waals surface area contributed by atoms with Gasteiger partial charge < -0.3 is 5.73 Å². The van der Waals surface area contributed by atoms with Crippen LogP contribution in [0.1, 0.15) is 58.3 Å². The van der Waals surface area contributed by atoms with E-state index in [4.69, 9.17) is 5.73 Å². The summed E-state index contributed by atoms with van der Waals surface area (Å²) in [7, 11) is 0. The Labute approximate surface area is 75.7 Å². The van der Waals surface area contributed by atoms with E-state index in [-0.39, 0.29) is 5.54 Å². The lowest BCUT2D eigenvalue weighted by Gasteiger charge is -2.53. The molecule has 70 valence electrons. The number of hydrogen-bond donors (Lipinski definition) is 1. The molecule has 0 saturated heterocycles. The van der Waals surface area contributed by atoms with E-state index in [0.29, 0.717) is 5.41 Å². The van der Waals surface area contributed by atoms with E-state index in [0.717, 1.165) is 0 Å². The van der Waals surface area contributed by atoms with Gasteiger partial charge >= 0.3 is 0 Å². The molecule has 2 saturated carbocycles. The molecule has 0 bridgehead atoms. The molecule has 2 aliphatic rings. The molecule has 0 aromatic carbocycles. The van der Waals surface area contributed by atoms with Crippen LogP contribution in [0.25, 0.3) is 0 Å². The molecular weight excluding hydrogens is 146 g/mol. The molecule has 2 aliphatic carbocycles. The Hall–Kier alpha value is -0.0400. The van der Waals surface area contributed by atoms with E-state index in [1.807, 2.05) is 0 Å². The van der Waals surface area contributed by atoms with Crippen molar-refractivity contribution in [3.05, 3.63) is 0 Å². The summed E-state index contributed by atoms with van der Waals surface area (Å²) in [5.74, 6) is 0. The second-order valence-electron chi connectivity index (χ2n) is 4.85. The molecule has 0 spiro atoms. The highest BCUT2D eigenvalue weighted by atomic mass is 14.8. The summed E-state index contributed by atoms with van der Waals surface area (Å²) in [6, 6.07) is 0. The first kappa shape index (κ1) is 8.55. The predicted octanol–water partition coefficient (Wildman–Crippen LogP) is 2.84. The van der Waals surface area contributed by atoms with Crippen LogP contribution in [0.5, 0.6) is 0 Å². The van der Waals surface area contributed by atoms with Gasteiger partial charge in [0, 0.05) is 5.54 Å². The summed E-state index contributed by atoms with van der Waals surface area (Å²) in [6.07, 6.45) is 10.9. The molecule has 0 heterocycles. The second-order valence-corrected chi connectivity index (χ2v) is 4.85. The van der Waals surface area contributed by atoms with Crippen molar-refractivity contribution in [2.75, 3.05) is 0 Å². The Morgan fingerprint density at radius 2 is 1.58 bits per heavy atom. The van der Waals surface area contributed by atoms with Crippen LogP contribution >= 0.6 is 0 Å². The number of hydrogen-bond acceptors (Lipinski definition) is 1. The smallest absolute Gasteiger partial charge is 0.0211 e. The van der Waals surface area contributed by atoms with E-state index in [1.165, 1.54) is 51.4 Å². The maximum atomic E-state index is 6.51. The van der Waals surface area contributed by atoms with Gasteiger partial charge in [-0.3, -0.25) is 0 Å². The van der Waals surface area contributed by atoms with E-state index < -0.39 is 0 Å². The number of nitrogens with two attached hydrogens (primary N) is 1. The van der Waals surface area contributed by atoms with Crippen LogP contribution in [-0.2, 0) is 0 Å². The van der Waals surface area contributed by atoms with Gasteiger partial charge in [0.2, 0.25) is 0 Å². The van der Waals surface area contributed by atoms with Crippen molar-refractivity contribution in [3.63, 3.8) is 0 Å². The minimum absolute atomic E-state index is 0.236. The molecule has 0 atom stereocenters. The third-order valence-corrected chi connectivity index (χ3v) is 4.54. The lowest BCUT2D eigenvalue weighted by atomic mass is 9.55. The molecule has 1 heteroatoms. The molecule has 12 heavy (non-hydrogen) atoms. The third kappa shape index (κ3) is 0.953. The van der Waals surface area contributed by atoms with Crippen molar-refractivity contribution in [2.24, 2.45) is 11.1 Å². The molecule has 0 aromatic rings. The molecule has 0 amide bonds. The van der Waals surface area contributed by atoms with Gasteiger partial charge in [-0.25, -0.2) is 0 Å². The SMILES string of the molecule is CCC1(C2(N)CCCC2)CCC1. The molecule has 2 rings (SSSR count). The minimum atomic E-state index is 0.236. The first-order valence-electron chi connectivity index (χ1n) is 5.51. The summed E-state index contributed by atoms with van der Waals surface area (Å²) >= 11 is 0. The second kappa shape index (κ2) is 2.73. The summed E-state index contributed by atoms with van der Waals surface area (Å²) < 4.78 is 0. The zero-order valence-corrected chi connectivity index (χ0v) is 8.23. The molecule has 1 nitrogen and oxygen atoms in total. The molecule has 0 aromatic heterocycles. The zero-order valence-electron chi connectivity index (χ0n) is 8.23. The van der Waals surface area contributed by atoms with Crippen molar-refractivity contribution in [3.8, 4) is 0 Å². The summed E-state index contributed by atoms with van der Waals surface area (Å²) in [5, 5.41) is 0. The fourth-order valence-corrected chi connectivity index (χ4v) is 3.34. The van der Waals surface area contributed by atoms with Crippen LogP contribution in [0.2, 0.25) is 0 Å². The zero-order chi connectivity index (χ0) is 8.66. The van der Waals surface area contributed by atoms with Crippen molar-refractivity contribution < 1.29 is 0 Å². The van der Waals surface area contributed by atoms with Crippen LogP contribution in [0.15, 0.2) is 0 Å². The van der Waals surface area contributed by atoms with Crippen LogP contribution < -0.4 is 5.73 Å². The van der Waals surface area contributed by atoms with Crippen molar-refractivity contribution in [1.29, 1.82) is 0 Å². The van der Waals surface area contributed by atoms with Crippen LogP contribution in [-0.4, -0.2) is 5.54 Å². The van der Waals surface area contributed by atoms with Gasteiger partial charge in [0.1, 0.15) is 0 Å². The minimum Gasteiger partial charge on any atom is -0.325 e. The molecule has 2 fully saturated rings. The Morgan fingerprint density at radius 1 is 1.00 bits per heavy atom. The normalized spacial score (nSPS) is 31.5. The van der Waals surface area contributed by atoms with Crippen LogP contribution in [0.4, 0.5) is 0 Å². The van der Waals surface area contributed by atoms with E-state index in [1.54, 1.807) is 0 Å². The van der Waals surface area contributed by atoms with Gasteiger partial charge in [0.15, 0.2) is 0 Å². The highest BCUT2D eigenvalue weighted by molar-refractivity contribution is 5.08.